The Kier molecular flexibility index (Phi) is 5.86. The summed E-state index contributed by atoms with van der Waals surface area (Å²) in [5.74, 6) is -6.59. The topological polar surface area (TPSA) is 202 Å². The molecule has 0 fully saturated rings. The Bertz CT molecular complexity index is 764. The first kappa shape index (κ1) is 20.4. The number of benzene rings is 2. The lowest BCUT2D eigenvalue weighted by atomic mass is 9.81. The van der Waals surface area contributed by atoms with Crippen molar-refractivity contribution >= 4 is 0 Å². The van der Waals surface area contributed by atoms with Crippen LogP contribution in [-0.4, -0.2) is 76.0 Å². The normalized spacial score (nSPS) is 14.9. The molecule has 148 valence electrons. The minimum atomic E-state index is -1.97. The average Bonchev–Trinajstić information content (AvgIpc) is 2.66. The van der Waals surface area contributed by atoms with Gasteiger partial charge < -0.3 is 51.1 Å². The lowest BCUT2D eigenvalue weighted by molar-refractivity contribution is -0.0809. The third-order valence-electron chi connectivity index (χ3n) is 4.27. The van der Waals surface area contributed by atoms with E-state index in [-0.39, 0.29) is 11.1 Å². The van der Waals surface area contributed by atoms with Crippen molar-refractivity contribution in [3.63, 3.8) is 0 Å². The molecule has 0 saturated heterocycles. The average molecular weight is 384 g/mol. The van der Waals surface area contributed by atoms with Crippen LogP contribution in [0.2, 0.25) is 0 Å². The first-order valence-corrected chi connectivity index (χ1v) is 7.74. The number of aromatic hydroxyl groups is 6. The van der Waals surface area contributed by atoms with E-state index in [0.717, 1.165) is 24.3 Å². The van der Waals surface area contributed by atoms with E-state index in [1.165, 1.54) is 0 Å². The predicted molar refractivity (Wildman–Crippen MR) is 89.8 cm³/mol. The zero-order valence-corrected chi connectivity index (χ0v) is 13.8. The highest BCUT2D eigenvalue weighted by molar-refractivity contribution is 5.61. The third-order valence-corrected chi connectivity index (χ3v) is 4.27. The number of aliphatic hydroxyl groups is 4. The Morgan fingerprint density at radius 2 is 1.00 bits per heavy atom. The number of phenols is 6. The fraction of sp³-hybridized carbons (Fsp3) is 0.294. The molecule has 0 radical (unpaired) electrons. The molecule has 0 saturated carbocycles. The number of hydrogen-bond donors (Lipinski definition) is 10. The first-order chi connectivity index (χ1) is 12.6. The van der Waals surface area contributed by atoms with Gasteiger partial charge in [-0.1, -0.05) is 12.1 Å². The molecule has 0 aliphatic carbocycles. The summed E-state index contributed by atoms with van der Waals surface area (Å²) in [6.45, 7) is -0.912. The van der Waals surface area contributed by atoms with Crippen molar-refractivity contribution in [1.29, 1.82) is 0 Å². The molecule has 3 atom stereocenters. The van der Waals surface area contributed by atoms with E-state index in [4.69, 9.17) is 5.11 Å². The van der Waals surface area contributed by atoms with Crippen molar-refractivity contribution in [2.24, 2.45) is 0 Å². The van der Waals surface area contributed by atoms with Gasteiger partial charge in [-0.3, -0.25) is 0 Å². The predicted octanol–water partition coefficient (Wildman–Crippen LogP) is -0.873. The molecular weight excluding hydrogens is 364 g/mol. The lowest BCUT2D eigenvalue weighted by Crippen LogP contribution is -2.43. The summed E-state index contributed by atoms with van der Waals surface area (Å²) in [4.78, 5) is 0. The minimum absolute atomic E-state index is 0.289. The summed E-state index contributed by atoms with van der Waals surface area (Å²) in [5.41, 5.74) is -0.579. The second-order valence-corrected chi connectivity index (χ2v) is 5.95. The van der Waals surface area contributed by atoms with Crippen LogP contribution in [0, 0.1) is 0 Å². The van der Waals surface area contributed by atoms with E-state index in [9.17, 15) is 46.0 Å². The van der Waals surface area contributed by atoms with Crippen LogP contribution in [0.15, 0.2) is 24.3 Å². The molecule has 0 heterocycles. The van der Waals surface area contributed by atoms with E-state index in [1.54, 1.807) is 0 Å². The van der Waals surface area contributed by atoms with Gasteiger partial charge in [-0.25, -0.2) is 0 Å². The Morgan fingerprint density at radius 3 is 1.37 bits per heavy atom. The van der Waals surface area contributed by atoms with Crippen molar-refractivity contribution in [3.05, 3.63) is 35.4 Å². The zero-order valence-electron chi connectivity index (χ0n) is 13.8. The van der Waals surface area contributed by atoms with Crippen molar-refractivity contribution in [2.45, 2.75) is 24.2 Å². The van der Waals surface area contributed by atoms with Crippen molar-refractivity contribution in [2.75, 3.05) is 6.61 Å². The van der Waals surface area contributed by atoms with Gasteiger partial charge in [0.25, 0.3) is 0 Å². The van der Waals surface area contributed by atoms with Crippen LogP contribution in [0.1, 0.15) is 17.0 Å². The molecule has 10 N–H and O–H groups in total. The second kappa shape index (κ2) is 7.76. The molecule has 2 aromatic carbocycles. The number of aliphatic hydroxyl groups excluding tert-OH is 4. The number of phenolic OH excluding ortho intramolecular Hbond substituents is 6. The summed E-state index contributed by atoms with van der Waals surface area (Å²) in [5, 5.41) is 97.9. The highest BCUT2D eigenvalue weighted by Gasteiger charge is 2.37. The molecule has 0 bridgehead atoms. The summed E-state index contributed by atoms with van der Waals surface area (Å²) < 4.78 is 0. The highest BCUT2D eigenvalue weighted by atomic mass is 16.4. The molecule has 27 heavy (non-hydrogen) atoms. The number of rotatable bonds is 6. The SMILES string of the molecule is OC[C@@H](O)[C@H](O)[C@@H](O)C(c1ccc(O)c(O)c1O)c1ccc(O)c(O)c1O. The molecule has 0 aromatic heterocycles. The van der Waals surface area contributed by atoms with E-state index >= 15 is 0 Å². The maximum atomic E-state index is 10.5. The van der Waals surface area contributed by atoms with E-state index < -0.39 is 65.3 Å². The molecule has 0 aliphatic rings. The zero-order chi connectivity index (χ0) is 20.5. The van der Waals surface area contributed by atoms with Gasteiger partial charge in [-0.15, -0.1) is 0 Å². The lowest BCUT2D eigenvalue weighted by Gasteiger charge is -2.30. The van der Waals surface area contributed by atoms with E-state index in [2.05, 4.69) is 0 Å². The molecule has 0 unspecified atom stereocenters. The van der Waals surface area contributed by atoms with Gasteiger partial charge in [0.2, 0.25) is 11.5 Å². The summed E-state index contributed by atoms with van der Waals surface area (Å²) in [6, 6.07) is 4.08. The van der Waals surface area contributed by atoms with Gasteiger partial charge in [0.05, 0.1) is 12.7 Å². The summed E-state index contributed by atoms with van der Waals surface area (Å²) in [6.07, 6.45) is -5.72. The fourth-order valence-electron chi connectivity index (χ4n) is 2.74. The standard InChI is InChI=1S/C17H20O10/c18-5-10(21)16(26)17(27)11(6-1-3-8(19)14(24)12(6)22)7-2-4-9(20)15(25)13(7)23/h1-4,10-11,16-27H,5H2/t10-,16+,17+/m1/s1. The van der Waals surface area contributed by atoms with Crippen LogP contribution >= 0.6 is 0 Å². The molecule has 2 aromatic rings. The van der Waals surface area contributed by atoms with Crippen LogP contribution in [0.5, 0.6) is 34.5 Å². The second-order valence-electron chi connectivity index (χ2n) is 5.95. The quantitative estimate of drug-likeness (QED) is 0.279. The molecule has 0 spiro atoms. The molecule has 0 aliphatic heterocycles. The Morgan fingerprint density at radius 1 is 0.593 bits per heavy atom. The Labute approximate surface area is 152 Å². The Balaban J connectivity index is 2.70. The molecule has 0 amide bonds. The maximum absolute atomic E-state index is 10.5. The van der Waals surface area contributed by atoms with E-state index in [0.29, 0.717) is 0 Å². The summed E-state index contributed by atoms with van der Waals surface area (Å²) >= 11 is 0. The molecule has 10 nitrogen and oxygen atoms in total. The number of hydrogen-bond acceptors (Lipinski definition) is 10. The first-order valence-electron chi connectivity index (χ1n) is 7.74. The van der Waals surface area contributed by atoms with Crippen LogP contribution < -0.4 is 0 Å². The van der Waals surface area contributed by atoms with Gasteiger partial charge in [0, 0.05) is 17.0 Å². The largest absolute Gasteiger partial charge is 0.504 e. The van der Waals surface area contributed by atoms with Crippen molar-refractivity contribution in [3.8, 4) is 34.5 Å². The van der Waals surface area contributed by atoms with Crippen LogP contribution in [0.3, 0.4) is 0 Å². The van der Waals surface area contributed by atoms with Gasteiger partial charge in [-0.05, 0) is 12.1 Å². The monoisotopic (exact) mass is 384 g/mol. The van der Waals surface area contributed by atoms with Crippen LogP contribution in [0.25, 0.3) is 0 Å². The van der Waals surface area contributed by atoms with Gasteiger partial charge in [-0.2, -0.15) is 0 Å². The van der Waals surface area contributed by atoms with Crippen LogP contribution in [-0.2, 0) is 0 Å². The molecule has 2 rings (SSSR count). The maximum Gasteiger partial charge on any atom is 0.200 e. The summed E-state index contributed by atoms with van der Waals surface area (Å²) in [7, 11) is 0. The third kappa shape index (κ3) is 3.64. The van der Waals surface area contributed by atoms with E-state index in [1.807, 2.05) is 0 Å². The highest BCUT2D eigenvalue weighted by Crippen LogP contribution is 2.48. The van der Waals surface area contributed by atoms with Gasteiger partial charge in [0.1, 0.15) is 12.2 Å². The Hall–Kier alpha value is -2.92. The smallest absolute Gasteiger partial charge is 0.200 e. The molecule has 10 heteroatoms. The van der Waals surface area contributed by atoms with Crippen molar-refractivity contribution < 1.29 is 51.1 Å². The van der Waals surface area contributed by atoms with Gasteiger partial charge >= 0.3 is 0 Å². The van der Waals surface area contributed by atoms with Gasteiger partial charge in [0.15, 0.2) is 23.0 Å². The van der Waals surface area contributed by atoms with Crippen molar-refractivity contribution in [1.82, 2.24) is 0 Å². The fourth-order valence-corrected chi connectivity index (χ4v) is 2.74. The molecular formula is C17H20O10. The minimum Gasteiger partial charge on any atom is -0.504 e. The van der Waals surface area contributed by atoms with Crippen LogP contribution in [0.4, 0.5) is 0 Å².